The average molecular weight is 469 g/mol. The third-order valence-corrected chi connectivity index (χ3v) is 7.00. The number of benzene rings is 1. The van der Waals surface area contributed by atoms with Gasteiger partial charge in [0, 0.05) is 41.8 Å². The van der Waals surface area contributed by atoms with Gasteiger partial charge in [-0.3, -0.25) is 9.69 Å². The van der Waals surface area contributed by atoms with E-state index >= 15 is 0 Å². The predicted octanol–water partition coefficient (Wildman–Crippen LogP) is 2.12. The lowest BCUT2D eigenvalue weighted by molar-refractivity contribution is -0.132. The molecule has 9 heteroatoms. The number of fused-ring (bicyclic) bond motifs is 1. The highest BCUT2D eigenvalue weighted by atomic mass is 19.1. The molecule has 0 aliphatic carbocycles. The number of ether oxygens (including phenoxy) is 1. The molecule has 0 radical (unpaired) electrons. The summed E-state index contributed by atoms with van der Waals surface area (Å²) in [6.45, 7) is 2.24. The Bertz CT molecular complexity index is 1180. The van der Waals surface area contributed by atoms with Crippen LogP contribution in [-0.4, -0.2) is 87.9 Å². The minimum absolute atomic E-state index is 0.0578. The lowest BCUT2D eigenvalue weighted by atomic mass is 9.93. The smallest absolute Gasteiger partial charge is 0.236 e. The Morgan fingerprint density at radius 3 is 2.59 bits per heavy atom. The summed E-state index contributed by atoms with van der Waals surface area (Å²) in [6.07, 6.45) is 1.78. The maximum absolute atomic E-state index is 14.0. The maximum Gasteiger partial charge on any atom is 0.236 e. The van der Waals surface area contributed by atoms with Crippen molar-refractivity contribution in [1.29, 1.82) is 0 Å². The first kappa shape index (κ1) is 22.8. The van der Waals surface area contributed by atoms with Crippen LogP contribution in [0.25, 0.3) is 22.2 Å². The first-order chi connectivity index (χ1) is 16.4. The molecule has 5 rings (SSSR count). The summed E-state index contributed by atoms with van der Waals surface area (Å²) in [5, 5.41) is 20.3. The number of H-pyrrole nitrogens is 1. The van der Waals surface area contributed by atoms with Gasteiger partial charge in [0.05, 0.1) is 25.9 Å². The summed E-state index contributed by atoms with van der Waals surface area (Å²) in [5.41, 5.74) is 3.39. The molecule has 1 amide bonds. The van der Waals surface area contributed by atoms with Gasteiger partial charge in [0.1, 0.15) is 17.2 Å². The number of carbonyl (C=O) groups is 1. The normalized spacial score (nSPS) is 21.9. The molecular weight excluding hydrogens is 439 g/mol. The van der Waals surface area contributed by atoms with E-state index < -0.39 is 12.2 Å². The first-order valence-electron chi connectivity index (χ1n) is 11.6. The number of likely N-dealkylation sites (tertiary alicyclic amines) is 2. The van der Waals surface area contributed by atoms with Crippen LogP contribution in [0.1, 0.15) is 24.5 Å². The van der Waals surface area contributed by atoms with E-state index in [1.54, 1.807) is 19.4 Å². The van der Waals surface area contributed by atoms with Crippen LogP contribution in [0, 0.1) is 5.82 Å². The fourth-order valence-electron chi connectivity index (χ4n) is 5.06. The quantitative estimate of drug-likeness (QED) is 0.530. The highest BCUT2D eigenvalue weighted by Crippen LogP contribution is 2.37. The van der Waals surface area contributed by atoms with E-state index in [0.29, 0.717) is 23.8 Å². The number of rotatable bonds is 5. The van der Waals surface area contributed by atoms with Crippen LogP contribution in [0.15, 0.2) is 36.5 Å². The molecule has 4 heterocycles. The van der Waals surface area contributed by atoms with E-state index in [0.717, 1.165) is 48.2 Å². The predicted molar refractivity (Wildman–Crippen MR) is 125 cm³/mol. The number of aliphatic hydroxyl groups excluding tert-OH is 2. The van der Waals surface area contributed by atoms with Gasteiger partial charge in [-0.25, -0.2) is 9.37 Å². The van der Waals surface area contributed by atoms with E-state index in [1.807, 2.05) is 6.07 Å². The van der Waals surface area contributed by atoms with Crippen LogP contribution in [0.4, 0.5) is 4.39 Å². The van der Waals surface area contributed by atoms with Gasteiger partial charge in [0.2, 0.25) is 5.91 Å². The zero-order chi connectivity index (χ0) is 23.8. The number of amides is 1. The van der Waals surface area contributed by atoms with Crippen molar-refractivity contribution in [2.75, 3.05) is 39.8 Å². The number of nitrogens with one attached hydrogen (secondary N) is 1. The monoisotopic (exact) mass is 468 g/mol. The Hall–Kier alpha value is -3.01. The zero-order valence-electron chi connectivity index (χ0n) is 19.1. The molecule has 2 saturated heterocycles. The second-order valence-electron chi connectivity index (χ2n) is 9.17. The topological polar surface area (TPSA) is 102 Å². The van der Waals surface area contributed by atoms with Crippen molar-refractivity contribution in [2.24, 2.45) is 0 Å². The van der Waals surface area contributed by atoms with Crippen LogP contribution in [0.3, 0.4) is 0 Å². The molecule has 3 aromatic rings. The summed E-state index contributed by atoms with van der Waals surface area (Å²) in [6, 6.07) is 8.47. The Morgan fingerprint density at radius 2 is 1.88 bits per heavy atom. The van der Waals surface area contributed by atoms with Crippen molar-refractivity contribution in [3.63, 3.8) is 0 Å². The minimum atomic E-state index is -0.859. The van der Waals surface area contributed by atoms with E-state index in [4.69, 9.17) is 4.74 Å². The van der Waals surface area contributed by atoms with Gasteiger partial charge in [-0.2, -0.15) is 0 Å². The van der Waals surface area contributed by atoms with Gasteiger partial charge in [0.15, 0.2) is 0 Å². The number of carbonyl (C=O) groups excluding carboxylic acids is 1. The van der Waals surface area contributed by atoms with E-state index in [-0.39, 0.29) is 24.8 Å². The number of aromatic nitrogens is 2. The van der Waals surface area contributed by atoms with Crippen molar-refractivity contribution < 1.29 is 24.1 Å². The van der Waals surface area contributed by atoms with Gasteiger partial charge < -0.3 is 24.8 Å². The Kier molecular flexibility index (Phi) is 6.24. The molecule has 2 aromatic heterocycles. The molecule has 0 spiro atoms. The molecule has 34 heavy (non-hydrogen) atoms. The fourth-order valence-corrected chi connectivity index (χ4v) is 5.06. The third-order valence-electron chi connectivity index (χ3n) is 7.00. The SMILES string of the molecule is COc1ccc(F)cc1-c1ccnc2[nH]c(C3CCN(CC(=O)N4C[C@H](O)[C@@H](O)C4)CC3)cc12. The second kappa shape index (κ2) is 9.32. The zero-order valence-corrected chi connectivity index (χ0v) is 19.1. The average Bonchev–Trinajstić information content (AvgIpc) is 3.42. The molecule has 2 aliphatic rings. The number of hydrogen-bond donors (Lipinski definition) is 3. The van der Waals surface area contributed by atoms with Gasteiger partial charge in [-0.1, -0.05) is 0 Å². The van der Waals surface area contributed by atoms with Crippen LogP contribution < -0.4 is 4.74 Å². The number of halogens is 1. The summed E-state index contributed by atoms with van der Waals surface area (Å²) in [4.78, 5) is 24.1. The second-order valence-corrected chi connectivity index (χ2v) is 9.17. The van der Waals surface area contributed by atoms with Crippen molar-refractivity contribution in [3.05, 3.63) is 48.0 Å². The molecule has 0 bridgehead atoms. The van der Waals surface area contributed by atoms with Gasteiger partial charge in [0.25, 0.3) is 0 Å². The van der Waals surface area contributed by atoms with Gasteiger partial charge in [-0.15, -0.1) is 0 Å². The molecule has 2 aliphatic heterocycles. The molecule has 3 N–H and O–H groups in total. The first-order valence-corrected chi connectivity index (χ1v) is 11.6. The number of nitrogens with zero attached hydrogens (tertiary/aromatic N) is 3. The van der Waals surface area contributed by atoms with Crippen molar-refractivity contribution in [2.45, 2.75) is 31.0 Å². The van der Waals surface area contributed by atoms with Crippen molar-refractivity contribution >= 4 is 16.9 Å². The van der Waals surface area contributed by atoms with E-state index in [9.17, 15) is 19.4 Å². The molecule has 0 saturated carbocycles. The third kappa shape index (κ3) is 4.38. The molecule has 2 fully saturated rings. The number of hydrogen-bond acceptors (Lipinski definition) is 6. The van der Waals surface area contributed by atoms with Crippen LogP contribution in [-0.2, 0) is 4.79 Å². The minimum Gasteiger partial charge on any atom is -0.496 e. The molecule has 0 unspecified atom stereocenters. The molecule has 2 atom stereocenters. The number of β-amino-alcohol motifs (C(OH)–C–C–N with tert-alkyl or cyclic N) is 2. The van der Waals surface area contributed by atoms with Gasteiger partial charge >= 0.3 is 0 Å². The van der Waals surface area contributed by atoms with Crippen LogP contribution in [0.2, 0.25) is 0 Å². The van der Waals surface area contributed by atoms with E-state index in [2.05, 4.69) is 20.9 Å². The fraction of sp³-hybridized carbons (Fsp3) is 0.440. The summed E-state index contributed by atoms with van der Waals surface area (Å²) >= 11 is 0. The standard InChI is InChI=1S/C25H29FN4O4/c1-34-23-3-2-16(26)10-18(23)17-4-7-27-25-19(17)11-20(28-25)15-5-8-29(9-6-15)14-24(33)30-12-21(31)22(32)13-30/h2-4,7,10-11,15,21-22,31-32H,5-6,8-9,12-14H2,1H3,(H,27,28)/t21-,22-/m0/s1. The Morgan fingerprint density at radius 1 is 1.15 bits per heavy atom. The number of pyridine rings is 1. The largest absolute Gasteiger partial charge is 0.496 e. The van der Waals surface area contributed by atoms with E-state index in [1.165, 1.54) is 17.0 Å². The highest BCUT2D eigenvalue weighted by Gasteiger charge is 2.33. The number of aromatic amines is 1. The lowest BCUT2D eigenvalue weighted by Crippen LogP contribution is -2.42. The number of methoxy groups -OCH3 is 1. The lowest BCUT2D eigenvalue weighted by Gasteiger charge is -2.32. The summed E-state index contributed by atoms with van der Waals surface area (Å²) in [5.74, 6) is 0.528. The number of aliphatic hydroxyl groups is 2. The Balaban J connectivity index is 1.29. The molecule has 1 aromatic carbocycles. The van der Waals surface area contributed by atoms with Crippen molar-refractivity contribution in [3.8, 4) is 16.9 Å². The summed E-state index contributed by atoms with van der Waals surface area (Å²) in [7, 11) is 1.57. The van der Waals surface area contributed by atoms with Crippen LogP contribution in [0.5, 0.6) is 5.75 Å². The highest BCUT2D eigenvalue weighted by molar-refractivity contribution is 5.95. The maximum atomic E-state index is 14.0. The summed E-state index contributed by atoms with van der Waals surface area (Å²) < 4.78 is 19.5. The Labute approximate surface area is 197 Å². The van der Waals surface area contributed by atoms with Crippen LogP contribution >= 0.6 is 0 Å². The van der Waals surface area contributed by atoms with Gasteiger partial charge in [-0.05, 0) is 61.8 Å². The van der Waals surface area contributed by atoms with Crippen molar-refractivity contribution in [1.82, 2.24) is 19.8 Å². The molecular formula is C25H29FN4O4. The number of piperidine rings is 1. The molecule has 8 nitrogen and oxygen atoms in total. The molecule has 180 valence electrons.